The Balaban J connectivity index is 1.73. The molecule has 7 heteroatoms. The van der Waals surface area contributed by atoms with E-state index in [4.69, 9.17) is 10.9 Å². The fourth-order valence-corrected chi connectivity index (χ4v) is 1.87. The highest BCUT2D eigenvalue weighted by Crippen LogP contribution is 2.45. The standard InChI is InChI=1S/C11H17N5O2/c12-9(15-18)11(2-3-11)10(17)14-4-1-6-16-7-5-13-8-16/h5,7-8,18H,1-4,6H2,(H2,12,15)(H,14,17). The van der Waals surface area contributed by atoms with E-state index < -0.39 is 5.41 Å². The van der Waals surface area contributed by atoms with Crippen molar-refractivity contribution in [3.8, 4) is 0 Å². The number of hydrogen-bond donors (Lipinski definition) is 3. The summed E-state index contributed by atoms with van der Waals surface area (Å²) in [4.78, 5) is 15.8. The van der Waals surface area contributed by atoms with Crippen molar-refractivity contribution in [2.75, 3.05) is 6.54 Å². The Morgan fingerprint density at radius 2 is 2.39 bits per heavy atom. The van der Waals surface area contributed by atoms with Crippen molar-refractivity contribution in [1.82, 2.24) is 14.9 Å². The van der Waals surface area contributed by atoms with E-state index in [1.165, 1.54) is 0 Å². The first kappa shape index (κ1) is 12.4. The van der Waals surface area contributed by atoms with Crippen LogP contribution in [0.3, 0.4) is 0 Å². The van der Waals surface area contributed by atoms with Crippen molar-refractivity contribution in [3.63, 3.8) is 0 Å². The molecule has 0 aliphatic heterocycles. The molecule has 0 spiro atoms. The van der Waals surface area contributed by atoms with E-state index in [1.54, 1.807) is 12.5 Å². The molecule has 1 amide bonds. The Morgan fingerprint density at radius 1 is 1.61 bits per heavy atom. The largest absolute Gasteiger partial charge is 0.409 e. The van der Waals surface area contributed by atoms with E-state index in [0.29, 0.717) is 19.4 Å². The minimum Gasteiger partial charge on any atom is -0.409 e. The first-order valence-electron chi connectivity index (χ1n) is 5.91. The molecule has 1 fully saturated rings. The number of amides is 1. The van der Waals surface area contributed by atoms with Gasteiger partial charge in [0.2, 0.25) is 5.91 Å². The number of carbonyl (C=O) groups excluding carboxylic acids is 1. The number of hydrogen-bond acceptors (Lipinski definition) is 4. The highest BCUT2D eigenvalue weighted by atomic mass is 16.4. The maximum atomic E-state index is 11.9. The van der Waals surface area contributed by atoms with E-state index in [1.807, 2.05) is 10.8 Å². The lowest BCUT2D eigenvalue weighted by Crippen LogP contribution is -2.41. The normalized spacial score (nSPS) is 17.4. The van der Waals surface area contributed by atoms with Gasteiger partial charge in [0, 0.05) is 25.5 Å². The maximum Gasteiger partial charge on any atom is 0.233 e. The molecule has 0 bridgehead atoms. The topological polar surface area (TPSA) is 106 Å². The highest BCUT2D eigenvalue weighted by molar-refractivity contribution is 6.09. The van der Waals surface area contributed by atoms with Crippen molar-refractivity contribution in [2.45, 2.75) is 25.8 Å². The zero-order valence-corrected chi connectivity index (χ0v) is 10.0. The van der Waals surface area contributed by atoms with Crippen molar-refractivity contribution < 1.29 is 10.0 Å². The Kier molecular flexibility index (Phi) is 3.50. The minimum absolute atomic E-state index is 0.00890. The molecule has 0 unspecified atom stereocenters. The van der Waals surface area contributed by atoms with E-state index >= 15 is 0 Å². The lowest BCUT2D eigenvalue weighted by Gasteiger charge is -2.13. The summed E-state index contributed by atoms with van der Waals surface area (Å²) >= 11 is 0. The van der Waals surface area contributed by atoms with Crippen molar-refractivity contribution >= 4 is 11.7 Å². The van der Waals surface area contributed by atoms with Crippen LogP contribution in [0.1, 0.15) is 19.3 Å². The molecular weight excluding hydrogens is 234 g/mol. The molecule has 18 heavy (non-hydrogen) atoms. The van der Waals surface area contributed by atoms with Crippen LogP contribution in [0.5, 0.6) is 0 Å². The number of rotatable bonds is 6. The third kappa shape index (κ3) is 2.44. The molecular formula is C11H17N5O2. The van der Waals surface area contributed by atoms with Crippen molar-refractivity contribution in [2.24, 2.45) is 16.3 Å². The third-order valence-electron chi connectivity index (χ3n) is 3.22. The van der Waals surface area contributed by atoms with Gasteiger partial charge in [0.1, 0.15) is 5.41 Å². The summed E-state index contributed by atoms with van der Waals surface area (Å²) in [6.07, 6.45) is 7.44. The number of aryl methyl sites for hydroxylation is 1. The van der Waals surface area contributed by atoms with Crippen LogP contribution in [0, 0.1) is 5.41 Å². The fourth-order valence-electron chi connectivity index (χ4n) is 1.87. The number of nitrogens with zero attached hydrogens (tertiary/aromatic N) is 3. The molecule has 0 saturated heterocycles. The second-order valence-corrected chi connectivity index (χ2v) is 4.48. The number of nitrogens with one attached hydrogen (secondary N) is 1. The van der Waals surface area contributed by atoms with Gasteiger partial charge in [0.05, 0.1) is 6.33 Å². The van der Waals surface area contributed by atoms with Gasteiger partial charge >= 0.3 is 0 Å². The summed E-state index contributed by atoms with van der Waals surface area (Å²) in [6.45, 7) is 1.37. The van der Waals surface area contributed by atoms with Crippen LogP contribution in [0.2, 0.25) is 0 Å². The zero-order valence-electron chi connectivity index (χ0n) is 10.0. The summed E-state index contributed by atoms with van der Waals surface area (Å²) in [7, 11) is 0. The van der Waals surface area contributed by atoms with Gasteiger partial charge in [-0.15, -0.1) is 0 Å². The van der Waals surface area contributed by atoms with Gasteiger partial charge < -0.3 is 20.8 Å². The number of imidazole rings is 1. The molecule has 98 valence electrons. The smallest absolute Gasteiger partial charge is 0.233 e. The van der Waals surface area contributed by atoms with E-state index in [0.717, 1.165) is 13.0 Å². The SMILES string of the molecule is N/C(=N/O)C1(C(=O)NCCCn2ccnc2)CC1. The number of carbonyl (C=O) groups is 1. The van der Waals surface area contributed by atoms with Crippen LogP contribution in [0.25, 0.3) is 0 Å². The minimum atomic E-state index is -0.760. The van der Waals surface area contributed by atoms with Crippen LogP contribution in [0.15, 0.2) is 23.9 Å². The summed E-state index contributed by atoms with van der Waals surface area (Å²) in [5.74, 6) is -0.141. The van der Waals surface area contributed by atoms with Crippen LogP contribution in [-0.4, -0.2) is 33.0 Å². The molecule has 2 rings (SSSR count). The average molecular weight is 251 g/mol. The van der Waals surface area contributed by atoms with Crippen LogP contribution < -0.4 is 11.1 Å². The lowest BCUT2D eigenvalue weighted by molar-refractivity contribution is -0.124. The molecule has 1 heterocycles. The summed E-state index contributed by atoms with van der Waals surface area (Å²) < 4.78 is 1.95. The average Bonchev–Trinajstić information content (AvgIpc) is 3.04. The summed E-state index contributed by atoms with van der Waals surface area (Å²) in [5, 5.41) is 14.4. The Labute approximate surface area is 105 Å². The molecule has 1 aromatic rings. The van der Waals surface area contributed by atoms with Crippen LogP contribution in [-0.2, 0) is 11.3 Å². The highest BCUT2D eigenvalue weighted by Gasteiger charge is 2.53. The second kappa shape index (κ2) is 5.07. The Hall–Kier alpha value is -2.05. The van der Waals surface area contributed by atoms with Crippen molar-refractivity contribution in [1.29, 1.82) is 0 Å². The van der Waals surface area contributed by atoms with E-state index in [-0.39, 0.29) is 11.7 Å². The van der Waals surface area contributed by atoms with Gasteiger partial charge in [-0.3, -0.25) is 4.79 Å². The maximum absolute atomic E-state index is 11.9. The monoisotopic (exact) mass is 251 g/mol. The lowest BCUT2D eigenvalue weighted by atomic mass is 10.1. The molecule has 1 aromatic heterocycles. The molecule has 7 nitrogen and oxygen atoms in total. The van der Waals surface area contributed by atoms with Gasteiger partial charge in [0.15, 0.2) is 5.84 Å². The predicted octanol–water partition coefficient (Wildman–Crippen LogP) is -0.0840. The molecule has 1 aliphatic rings. The van der Waals surface area contributed by atoms with E-state index in [9.17, 15) is 4.79 Å². The van der Waals surface area contributed by atoms with Gasteiger partial charge in [-0.05, 0) is 19.3 Å². The summed E-state index contributed by atoms with van der Waals surface area (Å²) in [6, 6.07) is 0. The molecule has 0 atom stereocenters. The molecule has 1 aliphatic carbocycles. The first-order chi connectivity index (χ1) is 8.69. The zero-order chi connectivity index (χ0) is 13.0. The Bertz CT molecular complexity index is 436. The molecule has 0 aromatic carbocycles. The number of amidine groups is 1. The number of aromatic nitrogens is 2. The summed E-state index contributed by atoms with van der Waals surface area (Å²) in [5.41, 5.74) is 4.76. The molecule has 1 saturated carbocycles. The first-order valence-corrected chi connectivity index (χ1v) is 5.91. The quantitative estimate of drug-likeness (QED) is 0.216. The Morgan fingerprint density at radius 3 is 2.94 bits per heavy atom. The van der Waals surface area contributed by atoms with Crippen molar-refractivity contribution in [3.05, 3.63) is 18.7 Å². The fraction of sp³-hybridized carbons (Fsp3) is 0.545. The van der Waals surface area contributed by atoms with E-state index in [2.05, 4.69) is 15.5 Å². The molecule has 4 N–H and O–H groups in total. The molecule has 0 radical (unpaired) electrons. The van der Waals surface area contributed by atoms with Crippen LogP contribution >= 0.6 is 0 Å². The third-order valence-corrected chi connectivity index (χ3v) is 3.22. The van der Waals surface area contributed by atoms with Crippen LogP contribution in [0.4, 0.5) is 0 Å². The predicted molar refractivity (Wildman–Crippen MR) is 64.9 cm³/mol. The number of oxime groups is 1. The van der Waals surface area contributed by atoms with Gasteiger partial charge in [-0.2, -0.15) is 0 Å². The van der Waals surface area contributed by atoms with Gasteiger partial charge in [-0.1, -0.05) is 5.16 Å². The van der Waals surface area contributed by atoms with Gasteiger partial charge in [-0.25, -0.2) is 4.98 Å². The number of nitrogens with two attached hydrogens (primary N) is 1. The second-order valence-electron chi connectivity index (χ2n) is 4.48. The van der Waals surface area contributed by atoms with Gasteiger partial charge in [0.25, 0.3) is 0 Å².